The lowest BCUT2D eigenvalue weighted by Crippen LogP contribution is -2.41. The summed E-state index contributed by atoms with van der Waals surface area (Å²) in [6.07, 6.45) is 1.34. The van der Waals surface area contributed by atoms with Crippen LogP contribution in [0.25, 0.3) is 0 Å². The van der Waals surface area contributed by atoms with Gasteiger partial charge in [0.25, 0.3) is 0 Å². The third-order valence-electron chi connectivity index (χ3n) is 3.07. The molecule has 0 saturated heterocycles. The molecule has 0 aliphatic rings. The van der Waals surface area contributed by atoms with E-state index >= 15 is 0 Å². The minimum Gasteiger partial charge on any atom is -0.368 e. The fraction of sp³-hybridized carbons (Fsp3) is 0.750. The van der Waals surface area contributed by atoms with Crippen LogP contribution in [0.5, 0.6) is 0 Å². The van der Waals surface area contributed by atoms with E-state index in [0.29, 0.717) is 13.0 Å². The molecule has 0 rings (SSSR count). The van der Waals surface area contributed by atoms with E-state index in [-0.39, 0.29) is 36.7 Å². The van der Waals surface area contributed by atoms with Crippen molar-refractivity contribution >= 4 is 17.7 Å². The van der Waals surface area contributed by atoms with Crippen LogP contribution in [0.2, 0.25) is 0 Å². The van der Waals surface area contributed by atoms with E-state index in [0.717, 1.165) is 6.42 Å². The molecule has 3 amide bonds. The van der Waals surface area contributed by atoms with Gasteiger partial charge in [-0.05, 0) is 12.3 Å². The van der Waals surface area contributed by atoms with E-state index < -0.39 is 5.91 Å². The monoisotopic (exact) mass is 272 g/mol. The van der Waals surface area contributed by atoms with Crippen molar-refractivity contribution in [2.24, 2.45) is 23.3 Å². The van der Waals surface area contributed by atoms with E-state index in [1.54, 1.807) is 0 Å². The molecule has 0 aromatic heterocycles. The first-order chi connectivity index (χ1) is 8.92. The van der Waals surface area contributed by atoms with Gasteiger partial charge in [0.2, 0.25) is 17.7 Å². The van der Waals surface area contributed by atoms with Gasteiger partial charge in [0, 0.05) is 12.5 Å². The maximum absolute atomic E-state index is 11.9. The lowest BCUT2D eigenvalue weighted by Gasteiger charge is -2.22. The molecule has 7 heteroatoms. The van der Waals surface area contributed by atoms with Crippen molar-refractivity contribution in [3.8, 4) is 0 Å². The third kappa shape index (κ3) is 7.40. The number of nitrogens with one attached hydrogen (secondary N) is 2. The lowest BCUT2D eigenvalue weighted by atomic mass is 9.88. The predicted molar refractivity (Wildman–Crippen MR) is 71.8 cm³/mol. The molecule has 0 aliphatic carbocycles. The van der Waals surface area contributed by atoms with Gasteiger partial charge < -0.3 is 22.1 Å². The van der Waals surface area contributed by atoms with Crippen LogP contribution < -0.4 is 22.1 Å². The van der Waals surface area contributed by atoms with Gasteiger partial charge in [0.1, 0.15) is 0 Å². The molecule has 6 N–H and O–H groups in total. The van der Waals surface area contributed by atoms with Gasteiger partial charge in [-0.15, -0.1) is 0 Å². The van der Waals surface area contributed by atoms with Crippen molar-refractivity contribution in [1.29, 1.82) is 0 Å². The molecule has 0 fully saturated rings. The molecule has 0 heterocycles. The Bertz CT molecular complexity index is 320. The summed E-state index contributed by atoms with van der Waals surface area (Å²) in [6, 6.07) is 0. The second-order valence-corrected chi connectivity index (χ2v) is 4.52. The Morgan fingerprint density at radius 1 is 1.21 bits per heavy atom. The minimum absolute atomic E-state index is 0.0676. The summed E-state index contributed by atoms with van der Waals surface area (Å²) < 4.78 is 0. The van der Waals surface area contributed by atoms with E-state index in [1.807, 2.05) is 13.8 Å². The molecule has 0 bridgehead atoms. The second-order valence-electron chi connectivity index (χ2n) is 4.52. The van der Waals surface area contributed by atoms with Crippen LogP contribution in [-0.2, 0) is 14.4 Å². The number of hydrogen-bond acceptors (Lipinski definition) is 4. The first-order valence-electron chi connectivity index (χ1n) is 6.45. The summed E-state index contributed by atoms with van der Waals surface area (Å²) in [6.45, 7) is 4.09. The maximum Gasteiger partial charge on any atom is 0.236 e. The summed E-state index contributed by atoms with van der Waals surface area (Å²) in [5.74, 6) is -1.15. The molecule has 0 aromatic rings. The van der Waals surface area contributed by atoms with E-state index in [4.69, 9.17) is 11.5 Å². The Morgan fingerprint density at radius 3 is 2.32 bits per heavy atom. The normalized spacial score (nSPS) is 13.4. The zero-order valence-corrected chi connectivity index (χ0v) is 11.6. The summed E-state index contributed by atoms with van der Waals surface area (Å²) in [4.78, 5) is 33.6. The van der Waals surface area contributed by atoms with Crippen LogP contribution in [0.3, 0.4) is 0 Å². The van der Waals surface area contributed by atoms with Crippen molar-refractivity contribution in [2.75, 3.05) is 19.6 Å². The first kappa shape index (κ1) is 17.4. The number of nitrogens with two attached hydrogens (primary N) is 2. The zero-order valence-electron chi connectivity index (χ0n) is 11.6. The Kier molecular flexibility index (Phi) is 8.52. The lowest BCUT2D eigenvalue weighted by molar-refractivity contribution is -0.129. The van der Waals surface area contributed by atoms with Crippen LogP contribution in [0.15, 0.2) is 0 Å². The summed E-state index contributed by atoms with van der Waals surface area (Å²) in [5, 5.41) is 5.12. The number of carbonyl (C=O) groups is 3. The van der Waals surface area contributed by atoms with Crippen molar-refractivity contribution in [3.63, 3.8) is 0 Å². The zero-order chi connectivity index (χ0) is 14.8. The molecule has 0 aromatic carbocycles. The fourth-order valence-electron chi connectivity index (χ4n) is 1.70. The molecule has 0 unspecified atom stereocenters. The Hall–Kier alpha value is -1.63. The summed E-state index contributed by atoms with van der Waals surface area (Å²) in [5.41, 5.74) is 10.2. The quantitative estimate of drug-likeness (QED) is 0.416. The van der Waals surface area contributed by atoms with Gasteiger partial charge in [0.15, 0.2) is 0 Å². The average Bonchev–Trinajstić information content (AvgIpc) is 2.39. The molecule has 110 valence electrons. The van der Waals surface area contributed by atoms with Crippen LogP contribution in [0.4, 0.5) is 0 Å². The van der Waals surface area contributed by atoms with E-state index in [9.17, 15) is 14.4 Å². The number of rotatable bonds is 9. The van der Waals surface area contributed by atoms with Gasteiger partial charge in [0.05, 0.1) is 13.1 Å². The Morgan fingerprint density at radius 2 is 1.84 bits per heavy atom. The molecular weight excluding hydrogens is 248 g/mol. The van der Waals surface area contributed by atoms with Crippen molar-refractivity contribution in [3.05, 3.63) is 0 Å². The smallest absolute Gasteiger partial charge is 0.236 e. The van der Waals surface area contributed by atoms with Crippen LogP contribution in [0, 0.1) is 11.8 Å². The number of carbonyl (C=O) groups excluding carboxylic acids is 3. The van der Waals surface area contributed by atoms with Gasteiger partial charge in [-0.25, -0.2) is 0 Å². The molecule has 0 radical (unpaired) electrons. The topological polar surface area (TPSA) is 127 Å². The average molecular weight is 272 g/mol. The number of primary amides is 1. The molecule has 0 saturated carbocycles. The molecule has 0 spiro atoms. The maximum atomic E-state index is 11.9. The van der Waals surface area contributed by atoms with Crippen LogP contribution >= 0.6 is 0 Å². The molecule has 19 heavy (non-hydrogen) atoms. The third-order valence-corrected chi connectivity index (χ3v) is 3.07. The van der Waals surface area contributed by atoms with Crippen LogP contribution in [0.1, 0.15) is 26.7 Å². The van der Waals surface area contributed by atoms with Gasteiger partial charge in [-0.1, -0.05) is 20.3 Å². The van der Waals surface area contributed by atoms with Gasteiger partial charge in [-0.3, -0.25) is 14.4 Å². The SMILES string of the molecule is CC[C@H](C)[C@H](CCNC(=O)CN)C(=O)NCC(N)=O. The standard InChI is InChI=1S/C12H24N4O3/c1-3-8(2)9(4-5-15-11(18)6-13)12(19)16-7-10(14)17/h8-9H,3-7,13H2,1-2H3,(H2,14,17)(H,15,18)(H,16,19)/t8-,9-/m0/s1. The first-order valence-corrected chi connectivity index (χ1v) is 6.45. The predicted octanol–water partition coefficient (Wildman–Crippen LogP) is -1.28. The Balaban J connectivity index is 4.33. The minimum atomic E-state index is -0.576. The van der Waals surface area contributed by atoms with Crippen molar-refractivity contribution in [2.45, 2.75) is 26.7 Å². The van der Waals surface area contributed by atoms with Gasteiger partial charge >= 0.3 is 0 Å². The molecule has 2 atom stereocenters. The molecule has 7 nitrogen and oxygen atoms in total. The molecular formula is C12H24N4O3. The van der Waals surface area contributed by atoms with Crippen molar-refractivity contribution in [1.82, 2.24) is 10.6 Å². The fourth-order valence-corrected chi connectivity index (χ4v) is 1.70. The highest BCUT2D eigenvalue weighted by Crippen LogP contribution is 2.18. The second kappa shape index (κ2) is 9.32. The summed E-state index contributed by atoms with van der Waals surface area (Å²) >= 11 is 0. The van der Waals surface area contributed by atoms with E-state index in [2.05, 4.69) is 10.6 Å². The highest BCUT2D eigenvalue weighted by molar-refractivity contribution is 5.85. The summed E-state index contributed by atoms with van der Waals surface area (Å²) in [7, 11) is 0. The number of hydrogen-bond donors (Lipinski definition) is 4. The molecule has 0 aliphatic heterocycles. The highest BCUT2D eigenvalue weighted by Gasteiger charge is 2.23. The largest absolute Gasteiger partial charge is 0.368 e. The van der Waals surface area contributed by atoms with Gasteiger partial charge in [-0.2, -0.15) is 0 Å². The Labute approximate surface area is 113 Å². The highest BCUT2D eigenvalue weighted by atomic mass is 16.2. The van der Waals surface area contributed by atoms with Crippen molar-refractivity contribution < 1.29 is 14.4 Å². The van der Waals surface area contributed by atoms with Crippen LogP contribution in [-0.4, -0.2) is 37.4 Å². The van der Waals surface area contributed by atoms with E-state index in [1.165, 1.54) is 0 Å². The number of amides is 3.